The number of amides is 2. The van der Waals surface area contributed by atoms with E-state index in [1.807, 2.05) is 4.90 Å². The van der Waals surface area contributed by atoms with E-state index in [1.54, 1.807) is 11.8 Å². The smallest absolute Gasteiger partial charge is 0.246 e. The molecule has 2 aromatic rings. The van der Waals surface area contributed by atoms with Crippen molar-refractivity contribution in [2.45, 2.75) is 98.9 Å². The largest absolute Gasteiger partial charge is 0.342 e. The van der Waals surface area contributed by atoms with Gasteiger partial charge in [0, 0.05) is 36.0 Å². The van der Waals surface area contributed by atoms with E-state index in [-0.39, 0.29) is 30.3 Å². The summed E-state index contributed by atoms with van der Waals surface area (Å²) in [6, 6.07) is 19.0. The van der Waals surface area contributed by atoms with E-state index in [0.29, 0.717) is 12.5 Å². The van der Waals surface area contributed by atoms with Crippen LogP contribution in [0.2, 0.25) is 0 Å². The van der Waals surface area contributed by atoms with Gasteiger partial charge >= 0.3 is 0 Å². The zero-order valence-electron chi connectivity index (χ0n) is 24.0. The normalized spacial score (nSPS) is 21.7. The summed E-state index contributed by atoms with van der Waals surface area (Å²) in [6.45, 7) is 5.56. The number of carbonyl (C=O) groups excluding carboxylic acids is 2. The number of piperazine rings is 1. The fraction of sp³-hybridized carbons (Fsp3) is 0.576. The number of hydrogen-bond donors (Lipinski definition) is 1. The minimum Gasteiger partial charge on any atom is -0.342 e. The number of halogens is 1. The number of rotatable bonds is 10. The van der Waals surface area contributed by atoms with Gasteiger partial charge in [0.15, 0.2) is 0 Å². The molecule has 0 bridgehead atoms. The second-order valence-electron chi connectivity index (χ2n) is 11.8. The number of benzene rings is 2. The molecule has 2 aromatic carbocycles. The lowest BCUT2D eigenvalue weighted by Crippen LogP contribution is -2.73. The summed E-state index contributed by atoms with van der Waals surface area (Å²) in [7, 11) is 0. The van der Waals surface area contributed by atoms with E-state index in [0.717, 1.165) is 58.2 Å². The Balaban J connectivity index is 0.00000370. The van der Waals surface area contributed by atoms with Gasteiger partial charge in [-0.05, 0) is 67.9 Å². The predicted molar refractivity (Wildman–Crippen MR) is 166 cm³/mol. The molecule has 5 nitrogen and oxygen atoms in total. The topological polar surface area (TPSA) is 52.7 Å². The maximum absolute atomic E-state index is 13.8. The van der Waals surface area contributed by atoms with Crippen molar-refractivity contribution >= 4 is 36.0 Å². The van der Waals surface area contributed by atoms with Gasteiger partial charge in [-0.15, -0.1) is 12.4 Å². The van der Waals surface area contributed by atoms with Crippen molar-refractivity contribution in [1.29, 1.82) is 0 Å². The monoisotopic (exact) mass is 583 g/mol. The fourth-order valence-electron chi connectivity index (χ4n) is 6.75. The lowest BCUT2D eigenvalue weighted by molar-refractivity contribution is -0.161. The number of nitrogens with one attached hydrogen (secondary N) is 1. The number of carbonyl (C=O) groups is 2. The summed E-state index contributed by atoms with van der Waals surface area (Å²) in [5.41, 5.74) is 0.676. The molecule has 0 radical (unpaired) electrons. The lowest BCUT2D eigenvalue weighted by atomic mass is 9.79. The van der Waals surface area contributed by atoms with Gasteiger partial charge in [-0.1, -0.05) is 87.5 Å². The number of nitrogens with zero attached hydrogens (tertiary/aromatic N) is 2. The van der Waals surface area contributed by atoms with Crippen molar-refractivity contribution in [3.8, 4) is 0 Å². The average molecular weight is 584 g/mol. The Morgan fingerprint density at radius 2 is 1.65 bits per heavy atom. The zero-order valence-corrected chi connectivity index (χ0v) is 25.6. The Morgan fingerprint density at radius 1 is 0.925 bits per heavy atom. The third kappa shape index (κ3) is 7.43. The first kappa shape index (κ1) is 30.9. The average Bonchev–Trinajstić information content (AvgIpc) is 2.97. The van der Waals surface area contributed by atoms with Crippen LogP contribution in [0.4, 0.5) is 0 Å². The van der Waals surface area contributed by atoms with Crippen molar-refractivity contribution in [1.82, 2.24) is 15.1 Å². The van der Waals surface area contributed by atoms with Crippen LogP contribution < -0.4 is 5.32 Å². The highest BCUT2D eigenvalue weighted by Gasteiger charge is 2.53. The molecule has 2 amide bonds. The van der Waals surface area contributed by atoms with Gasteiger partial charge in [0.2, 0.25) is 11.8 Å². The molecule has 7 heteroatoms. The van der Waals surface area contributed by atoms with Gasteiger partial charge in [0.25, 0.3) is 0 Å². The third-order valence-corrected chi connectivity index (χ3v) is 10.1. The van der Waals surface area contributed by atoms with Gasteiger partial charge in [0.05, 0.1) is 0 Å². The summed E-state index contributed by atoms with van der Waals surface area (Å²) in [5.74, 6) is 0.848. The number of hydrogen-bond acceptors (Lipinski definition) is 4. The number of likely N-dealkylation sites (tertiary alicyclic amines) is 1. The van der Waals surface area contributed by atoms with Gasteiger partial charge in [-0.25, -0.2) is 0 Å². The van der Waals surface area contributed by atoms with Crippen LogP contribution in [0.25, 0.3) is 0 Å². The number of unbranched alkanes of at least 4 members (excludes halogenated alkanes) is 1. The Hall–Kier alpha value is -2.02. The molecule has 3 aliphatic rings. The quantitative estimate of drug-likeness (QED) is 0.337. The van der Waals surface area contributed by atoms with E-state index in [1.165, 1.54) is 47.5 Å². The highest BCUT2D eigenvalue weighted by atomic mass is 35.5. The van der Waals surface area contributed by atoms with Crippen LogP contribution in [-0.4, -0.2) is 59.4 Å². The second kappa shape index (κ2) is 14.7. The van der Waals surface area contributed by atoms with E-state index in [2.05, 4.69) is 71.7 Å². The van der Waals surface area contributed by atoms with Crippen LogP contribution in [0.1, 0.15) is 76.7 Å². The molecule has 40 heavy (non-hydrogen) atoms. The summed E-state index contributed by atoms with van der Waals surface area (Å²) in [4.78, 5) is 34.5. The van der Waals surface area contributed by atoms with Gasteiger partial charge in [-0.3, -0.25) is 9.59 Å². The van der Waals surface area contributed by atoms with Crippen LogP contribution in [0.15, 0.2) is 64.4 Å². The minimum atomic E-state index is -0.669. The van der Waals surface area contributed by atoms with E-state index in [9.17, 15) is 9.59 Å². The van der Waals surface area contributed by atoms with Gasteiger partial charge < -0.3 is 15.1 Å². The zero-order chi connectivity index (χ0) is 27.1. The van der Waals surface area contributed by atoms with Crippen LogP contribution >= 0.6 is 24.2 Å². The molecule has 1 spiro atoms. The summed E-state index contributed by atoms with van der Waals surface area (Å²) >= 11 is 1.80. The third-order valence-electron chi connectivity index (χ3n) is 9.12. The van der Waals surface area contributed by atoms with Crippen LogP contribution in [0.5, 0.6) is 0 Å². The molecule has 5 rings (SSSR count). The van der Waals surface area contributed by atoms with Crippen LogP contribution in [0, 0.1) is 5.92 Å². The predicted octanol–water partition coefficient (Wildman–Crippen LogP) is 6.73. The molecule has 218 valence electrons. The van der Waals surface area contributed by atoms with Crippen LogP contribution in [0.3, 0.4) is 0 Å². The van der Waals surface area contributed by atoms with Crippen LogP contribution in [-0.2, 0) is 16.0 Å². The minimum absolute atomic E-state index is 0. The van der Waals surface area contributed by atoms with Crippen molar-refractivity contribution in [3.63, 3.8) is 0 Å². The van der Waals surface area contributed by atoms with Gasteiger partial charge in [-0.2, -0.15) is 0 Å². The molecular weight excluding hydrogens is 538 g/mol. The molecule has 2 heterocycles. The Labute approximate surface area is 251 Å². The molecule has 2 saturated heterocycles. The molecule has 0 aromatic heterocycles. The molecule has 0 unspecified atom stereocenters. The Kier molecular flexibility index (Phi) is 11.4. The highest BCUT2D eigenvalue weighted by molar-refractivity contribution is 7.99. The highest BCUT2D eigenvalue weighted by Crippen LogP contribution is 2.36. The van der Waals surface area contributed by atoms with Crippen molar-refractivity contribution in [2.75, 3.05) is 26.2 Å². The first-order valence-electron chi connectivity index (χ1n) is 15.2. The van der Waals surface area contributed by atoms with Crippen molar-refractivity contribution < 1.29 is 9.59 Å². The first-order valence-corrected chi connectivity index (χ1v) is 16.1. The van der Waals surface area contributed by atoms with Crippen molar-refractivity contribution in [3.05, 3.63) is 60.2 Å². The standard InChI is InChI=1S/C33H45N3O2S.ClH/c1-2-3-20-36-31(37)30(25-26-11-6-4-7-12-26)34-32(38)33(36)18-22-35(23-19-33)21-17-27-13-10-16-29(24-27)39-28-14-8-5-9-15-28;/h5,8-10,13-16,24,26,30H,2-4,6-7,11-12,17-23,25H2,1H3,(H,34,38);1H/t30-;/m0./s1. The number of piperidine rings is 1. The Bertz CT molecular complexity index is 1100. The van der Waals surface area contributed by atoms with Gasteiger partial charge in [0.1, 0.15) is 11.6 Å². The molecule has 1 N–H and O–H groups in total. The molecule has 1 atom stereocenters. The Morgan fingerprint density at radius 3 is 2.38 bits per heavy atom. The maximum atomic E-state index is 13.8. The van der Waals surface area contributed by atoms with Crippen molar-refractivity contribution in [2.24, 2.45) is 5.92 Å². The fourth-order valence-corrected chi connectivity index (χ4v) is 7.67. The molecule has 2 aliphatic heterocycles. The van der Waals surface area contributed by atoms with E-state index in [4.69, 9.17) is 0 Å². The summed E-state index contributed by atoms with van der Waals surface area (Å²) in [5, 5.41) is 3.23. The second-order valence-corrected chi connectivity index (χ2v) is 12.9. The summed E-state index contributed by atoms with van der Waals surface area (Å²) < 4.78 is 0. The molecule has 1 aliphatic carbocycles. The lowest BCUT2D eigenvalue weighted by Gasteiger charge is -2.52. The molecular formula is C33H46ClN3O2S. The first-order chi connectivity index (χ1) is 19.1. The molecule has 1 saturated carbocycles. The van der Waals surface area contributed by atoms with E-state index >= 15 is 0 Å². The molecule has 3 fully saturated rings. The SMILES string of the molecule is CCCCN1C(=O)[C@H](CC2CCCCC2)NC(=O)C12CCN(CCc1cccc(Sc3ccccc3)c1)CC2.Cl. The summed E-state index contributed by atoms with van der Waals surface area (Å²) in [6.07, 6.45) is 11.5. The maximum Gasteiger partial charge on any atom is 0.246 e. The van der Waals surface area contributed by atoms with E-state index < -0.39 is 5.54 Å².